The number of aliphatic hydroxyl groups is 1. The molecule has 0 bridgehead atoms. The van der Waals surface area contributed by atoms with Crippen molar-refractivity contribution in [1.29, 1.82) is 0 Å². The SMILES string of the molecule is COC1CCN(C(C)(C)C(=O)Nc2cc(C(C)(C)CO)[n+](C)o2)CC1. The Morgan fingerprint density at radius 2 is 2.00 bits per heavy atom. The van der Waals surface area contributed by atoms with E-state index in [0.29, 0.717) is 5.88 Å². The summed E-state index contributed by atoms with van der Waals surface area (Å²) in [5, 5.41) is 12.4. The van der Waals surface area contributed by atoms with E-state index in [-0.39, 0.29) is 18.6 Å². The summed E-state index contributed by atoms with van der Waals surface area (Å²) in [7, 11) is 3.50. The van der Waals surface area contributed by atoms with Gasteiger partial charge < -0.3 is 9.84 Å². The van der Waals surface area contributed by atoms with Crippen molar-refractivity contribution < 1.29 is 23.9 Å². The zero-order valence-corrected chi connectivity index (χ0v) is 16.3. The number of carbonyl (C=O) groups is 1. The van der Waals surface area contributed by atoms with Crippen molar-refractivity contribution in [1.82, 2.24) is 4.90 Å². The lowest BCUT2D eigenvalue weighted by Crippen LogP contribution is -2.55. The molecule has 0 radical (unpaired) electrons. The number of nitrogens with zero attached hydrogens (tertiary/aromatic N) is 2. The van der Waals surface area contributed by atoms with Crippen LogP contribution in [0.2, 0.25) is 0 Å². The Kier molecular flexibility index (Phi) is 5.91. The van der Waals surface area contributed by atoms with Crippen LogP contribution in [-0.4, -0.2) is 54.4 Å². The van der Waals surface area contributed by atoms with Gasteiger partial charge in [-0.2, -0.15) is 0 Å². The Labute approximate surface area is 149 Å². The van der Waals surface area contributed by atoms with Crippen molar-refractivity contribution in [3.8, 4) is 0 Å². The van der Waals surface area contributed by atoms with Crippen LogP contribution in [0.15, 0.2) is 10.6 Å². The number of rotatable bonds is 6. The molecule has 1 aromatic heterocycles. The third-order valence-corrected chi connectivity index (χ3v) is 5.29. The highest BCUT2D eigenvalue weighted by Crippen LogP contribution is 2.26. The maximum atomic E-state index is 12.8. The molecular weight excluding hydrogens is 322 g/mol. The molecule has 7 nitrogen and oxygen atoms in total. The molecule has 2 rings (SSSR count). The number of amides is 1. The number of ether oxygens (including phenoxy) is 1. The highest BCUT2D eigenvalue weighted by atomic mass is 16.5. The maximum Gasteiger partial charge on any atom is 0.282 e. The van der Waals surface area contributed by atoms with Gasteiger partial charge >= 0.3 is 0 Å². The molecule has 0 saturated carbocycles. The number of hydrogen-bond acceptors (Lipinski definition) is 5. The van der Waals surface area contributed by atoms with Crippen LogP contribution < -0.4 is 10.1 Å². The second-order valence-corrected chi connectivity index (χ2v) is 7.96. The third-order valence-electron chi connectivity index (χ3n) is 5.29. The van der Waals surface area contributed by atoms with Crippen molar-refractivity contribution >= 4 is 11.8 Å². The fourth-order valence-corrected chi connectivity index (χ4v) is 3.26. The van der Waals surface area contributed by atoms with E-state index >= 15 is 0 Å². The average Bonchev–Trinajstić information content (AvgIpc) is 2.96. The van der Waals surface area contributed by atoms with Gasteiger partial charge in [-0.05, 0) is 45.3 Å². The number of likely N-dealkylation sites (tertiary alicyclic amines) is 1. The lowest BCUT2D eigenvalue weighted by atomic mass is 9.90. The van der Waals surface area contributed by atoms with Crippen molar-refractivity contribution in [3.05, 3.63) is 11.8 Å². The van der Waals surface area contributed by atoms with Gasteiger partial charge in [0.05, 0.1) is 29.7 Å². The van der Waals surface area contributed by atoms with Gasteiger partial charge in [0.15, 0.2) is 7.05 Å². The first kappa shape index (κ1) is 19.9. The van der Waals surface area contributed by atoms with Gasteiger partial charge in [-0.3, -0.25) is 15.0 Å². The average molecular weight is 354 g/mol. The largest absolute Gasteiger partial charge is 0.395 e. The molecule has 1 aromatic rings. The van der Waals surface area contributed by atoms with Crippen LogP contribution in [-0.2, 0) is 22.0 Å². The zero-order chi connectivity index (χ0) is 18.8. The fraction of sp³-hybridized carbons (Fsp3) is 0.778. The second-order valence-electron chi connectivity index (χ2n) is 7.96. The van der Waals surface area contributed by atoms with E-state index in [9.17, 15) is 9.90 Å². The summed E-state index contributed by atoms with van der Waals surface area (Å²) < 4.78 is 12.6. The summed E-state index contributed by atoms with van der Waals surface area (Å²) in [6.45, 7) is 9.35. The van der Waals surface area contributed by atoms with E-state index in [1.807, 2.05) is 27.7 Å². The molecule has 25 heavy (non-hydrogen) atoms. The molecule has 0 aliphatic carbocycles. The first-order valence-electron chi connectivity index (χ1n) is 8.83. The predicted octanol–water partition coefficient (Wildman–Crippen LogP) is 1.20. The van der Waals surface area contributed by atoms with Crippen molar-refractivity contribution in [2.24, 2.45) is 7.05 Å². The van der Waals surface area contributed by atoms with E-state index < -0.39 is 11.0 Å². The first-order valence-corrected chi connectivity index (χ1v) is 8.83. The normalized spacial score (nSPS) is 17.7. The molecular formula is C18H32N3O4+. The van der Waals surface area contributed by atoms with Crippen LogP contribution in [0.25, 0.3) is 0 Å². The molecule has 1 aliphatic rings. The van der Waals surface area contributed by atoms with E-state index in [1.165, 1.54) is 0 Å². The van der Waals surface area contributed by atoms with E-state index in [1.54, 1.807) is 25.0 Å². The molecule has 0 spiro atoms. The molecule has 142 valence electrons. The number of anilines is 1. The minimum atomic E-state index is -0.642. The van der Waals surface area contributed by atoms with E-state index in [4.69, 9.17) is 9.26 Å². The Hall–Kier alpha value is -1.44. The molecule has 1 amide bonds. The quantitative estimate of drug-likeness (QED) is 0.751. The summed E-state index contributed by atoms with van der Waals surface area (Å²) in [4.78, 5) is 15.0. The molecule has 0 aromatic carbocycles. The number of carbonyl (C=O) groups excluding carboxylic acids is 1. The maximum absolute atomic E-state index is 12.8. The number of aliphatic hydroxyl groups excluding tert-OH is 1. The highest BCUT2D eigenvalue weighted by molar-refractivity contribution is 5.96. The van der Waals surface area contributed by atoms with Crippen LogP contribution in [0, 0.1) is 0 Å². The van der Waals surface area contributed by atoms with Crippen LogP contribution in [0.1, 0.15) is 46.2 Å². The molecule has 0 atom stereocenters. The Morgan fingerprint density at radius 1 is 1.40 bits per heavy atom. The molecule has 7 heteroatoms. The number of methoxy groups -OCH3 is 1. The molecule has 1 fully saturated rings. The van der Waals surface area contributed by atoms with Gasteiger partial charge in [0, 0.05) is 20.2 Å². The predicted molar refractivity (Wildman–Crippen MR) is 94.3 cm³/mol. The van der Waals surface area contributed by atoms with Crippen molar-refractivity contribution in [2.75, 3.05) is 32.1 Å². The van der Waals surface area contributed by atoms with E-state index in [0.717, 1.165) is 31.6 Å². The van der Waals surface area contributed by atoms with Gasteiger partial charge in [-0.15, -0.1) is 0 Å². The van der Waals surface area contributed by atoms with Gasteiger partial charge in [-0.1, -0.05) is 0 Å². The molecule has 1 aliphatic heterocycles. The smallest absolute Gasteiger partial charge is 0.282 e. The first-order chi connectivity index (χ1) is 11.6. The molecule has 2 heterocycles. The zero-order valence-electron chi connectivity index (χ0n) is 16.3. The number of hydrogen-bond donors (Lipinski definition) is 2. The summed E-state index contributed by atoms with van der Waals surface area (Å²) in [5.41, 5.74) is -0.265. The van der Waals surface area contributed by atoms with Crippen LogP contribution in [0.3, 0.4) is 0 Å². The van der Waals surface area contributed by atoms with Gasteiger partial charge in [0.2, 0.25) is 11.6 Å². The monoisotopic (exact) mass is 354 g/mol. The third kappa shape index (κ3) is 4.22. The summed E-state index contributed by atoms with van der Waals surface area (Å²) in [6.07, 6.45) is 2.14. The summed E-state index contributed by atoms with van der Waals surface area (Å²) in [6, 6.07) is 1.78. The van der Waals surface area contributed by atoms with Gasteiger partial charge in [-0.25, -0.2) is 4.52 Å². The van der Waals surface area contributed by atoms with Gasteiger partial charge in [0.1, 0.15) is 0 Å². The Morgan fingerprint density at radius 3 is 2.52 bits per heavy atom. The molecule has 1 saturated heterocycles. The minimum Gasteiger partial charge on any atom is -0.395 e. The lowest BCUT2D eigenvalue weighted by Gasteiger charge is -2.41. The minimum absolute atomic E-state index is 0.00625. The van der Waals surface area contributed by atoms with E-state index in [2.05, 4.69) is 10.2 Å². The number of aromatic nitrogens is 1. The summed E-state index contributed by atoms with van der Waals surface area (Å²) in [5.74, 6) is 0.287. The summed E-state index contributed by atoms with van der Waals surface area (Å²) >= 11 is 0. The van der Waals surface area contributed by atoms with Crippen LogP contribution in [0.5, 0.6) is 0 Å². The van der Waals surface area contributed by atoms with Gasteiger partial charge in [0.25, 0.3) is 5.88 Å². The number of aryl methyl sites for hydroxylation is 1. The van der Waals surface area contributed by atoms with Crippen molar-refractivity contribution in [2.45, 2.75) is 57.6 Å². The Balaban J connectivity index is 2.07. The highest BCUT2D eigenvalue weighted by Gasteiger charge is 2.39. The fourth-order valence-electron chi connectivity index (χ4n) is 3.26. The lowest BCUT2D eigenvalue weighted by molar-refractivity contribution is -0.850. The molecule has 0 unspecified atom stereocenters. The standard InChI is InChI=1S/C18H31N3O4/c1-17(2,12-22)14-11-15(25-20(14)5)19-16(23)18(3,4)21-9-7-13(24-6)8-10-21/h11,13,22H,7-10,12H2,1-6H3/p+1. The topological polar surface area (TPSA) is 78.8 Å². The van der Waals surface area contributed by atoms with Crippen molar-refractivity contribution in [3.63, 3.8) is 0 Å². The molecule has 2 N–H and O–H groups in total. The van der Waals surface area contributed by atoms with Crippen LogP contribution in [0.4, 0.5) is 5.88 Å². The second kappa shape index (κ2) is 7.43. The number of piperidine rings is 1. The Bertz CT molecular complexity index is 601. The van der Waals surface area contributed by atoms with Crippen LogP contribution >= 0.6 is 0 Å². The number of nitrogens with one attached hydrogen (secondary N) is 1.